The van der Waals surface area contributed by atoms with Crippen molar-refractivity contribution < 1.29 is 4.79 Å². The van der Waals surface area contributed by atoms with E-state index in [-0.39, 0.29) is 5.91 Å². The first-order valence-electron chi connectivity index (χ1n) is 1.66. The monoisotopic (exact) mass is 104 g/mol. The molecule has 1 amide bonds. The normalized spacial score (nSPS) is 25.0. The second kappa shape index (κ2) is 1.54. The van der Waals surface area contributed by atoms with Gasteiger partial charge in [0, 0.05) is 8.88 Å². The number of hydrogen-bond acceptors (Lipinski definition) is 2. The Kier molecular flexibility index (Phi) is 1.03. The molecule has 0 bridgehead atoms. The summed E-state index contributed by atoms with van der Waals surface area (Å²) < 4.78 is 0. The van der Waals surface area contributed by atoms with E-state index in [0.29, 0.717) is 15.4 Å². The minimum atomic E-state index is 0.105. The van der Waals surface area contributed by atoms with Gasteiger partial charge >= 0.3 is 0 Å². The zero-order chi connectivity index (χ0) is 4.41. The maximum absolute atomic E-state index is 10.1. The Hall–Kier alpha value is -0.140. The van der Waals surface area contributed by atoms with E-state index >= 15 is 0 Å². The largest absolute Gasteiger partial charge is 0.324 e. The summed E-state index contributed by atoms with van der Waals surface area (Å²) in [6.07, 6.45) is 0. The predicted octanol–water partition coefficient (Wildman–Crippen LogP) is -0.786. The van der Waals surface area contributed by atoms with E-state index < -0.39 is 0 Å². The molecule has 3 nitrogen and oxygen atoms in total. The molecule has 1 saturated heterocycles. The van der Waals surface area contributed by atoms with Gasteiger partial charge in [-0.25, -0.2) is 0 Å². The summed E-state index contributed by atoms with van der Waals surface area (Å²) in [7, 11) is 0.439. The van der Waals surface area contributed by atoms with Crippen LogP contribution in [0.1, 0.15) is 0 Å². The number of carbonyl (C=O) groups excluding carboxylic acids is 1. The van der Waals surface area contributed by atoms with Crippen LogP contribution in [0.3, 0.4) is 0 Å². The molecular weight excluding hydrogens is 99.0 g/mol. The van der Waals surface area contributed by atoms with Crippen molar-refractivity contribution in [3.8, 4) is 0 Å². The molecule has 0 radical (unpaired) electrons. The summed E-state index contributed by atoms with van der Waals surface area (Å²) in [4.78, 5) is 10.1. The maximum atomic E-state index is 10.1. The Morgan fingerprint density at radius 3 is 2.83 bits per heavy atom. The summed E-state index contributed by atoms with van der Waals surface area (Å²) in [6, 6.07) is 0. The Morgan fingerprint density at radius 1 is 1.83 bits per heavy atom. The van der Waals surface area contributed by atoms with Crippen LogP contribution in [0.2, 0.25) is 0 Å². The summed E-state index contributed by atoms with van der Waals surface area (Å²) in [5.74, 6) is 0.105. The molecule has 1 unspecified atom stereocenters. The quantitative estimate of drug-likeness (QED) is 0.395. The topological polar surface area (TPSA) is 41.1 Å². The van der Waals surface area contributed by atoms with Gasteiger partial charge in [0.1, 0.15) is 0 Å². The summed E-state index contributed by atoms with van der Waals surface area (Å²) in [5.41, 5.74) is 0. The lowest BCUT2D eigenvalue weighted by atomic mass is 10.7. The molecule has 34 valence electrons. The molecule has 1 rings (SSSR count). The van der Waals surface area contributed by atoms with Gasteiger partial charge in [-0.2, -0.15) is 0 Å². The highest BCUT2D eigenvalue weighted by atomic mass is 31.1. The van der Waals surface area contributed by atoms with Gasteiger partial charge in [0.2, 0.25) is 5.91 Å². The summed E-state index contributed by atoms with van der Waals surface area (Å²) >= 11 is 0. The third-order valence-electron chi connectivity index (χ3n) is 0.539. The molecule has 0 saturated carbocycles. The standard InChI is InChI=1S/C2H5N2OP/c5-2-1-3-6-4-2/h3,6H,1H2,(H,4,5). The second-order valence-electron chi connectivity index (χ2n) is 1.03. The molecule has 1 fully saturated rings. The molecule has 0 spiro atoms. The van der Waals surface area contributed by atoms with Crippen molar-refractivity contribution in [2.75, 3.05) is 6.54 Å². The maximum Gasteiger partial charge on any atom is 0.238 e. The van der Waals surface area contributed by atoms with Crippen LogP contribution in [0.4, 0.5) is 0 Å². The molecule has 6 heavy (non-hydrogen) atoms. The number of amides is 1. The fourth-order valence-electron chi connectivity index (χ4n) is 0.283. The van der Waals surface area contributed by atoms with Crippen molar-refractivity contribution in [2.45, 2.75) is 0 Å². The molecule has 2 N–H and O–H groups in total. The van der Waals surface area contributed by atoms with Gasteiger partial charge in [0.25, 0.3) is 0 Å². The second-order valence-corrected chi connectivity index (χ2v) is 1.88. The molecular formula is C2H5N2OP. The zero-order valence-corrected chi connectivity index (χ0v) is 4.12. The minimum Gasteiger partial charge on any atom is -0.324 e. The SMILES string of the molecule is O=C1CNPN1. The first-order chi connectivity index (χ1) is 2.89. The van der Waals surface area contributed by atoms with Crippen molar-refractivity contribution in [2.24, 2.45) is 0 Å². The third-order valence-corrected chi connectivity index (χ3v) is 1.30. The van der Waals surface area contributed by atoms with Crippen LogP contribution in [0, 0.1) is 0 Å². The van der Waals surface area contributed by atoms with Crippen molar-refractivity contribution in [1.29, 1.82) is 0 Å². The fraction of sp³-hybridized carbons (Fsp3) is 0.500. The highest BCUT2D eigenvalue weighted by Gasteiger charge is 2.04. The Morgan fingerprint density at radius 2 is 2.67 bits per heavy atom. The first-order valence-corrected chi connectivity index (χ1v) is 2.66. The van der Waals surface area contributed by atoms with Gasteiger partial charge in [0.15, 0.2) is 0 Å². The van der Waals surface area contributed by atoms with Crippen LogP contribution < -0.4 is 10.2 Å². The molecule has 1 heterocycles. The number of hydrogen-bond donors (Lipinski definition) is 2. The van der Waals surface area contributed by atoms with Gasteiger partial charge < -0.3 is 5.09 Å². The lowest BCUT2D eigenvalue weighted by Gasteiger charge is -1.78. The molecule has 0 aromatic heterocycles. The lowest BCUT2D eigenvalue weighted by Crippen LogP contribution is -2.10. The average Bonchev–Trinajstić information content (AvgIpc) is 1.86. The Labute approximate surface area is 37.4 Å². The van der Waals surface area contributed by atoms with Crippen molar-refractivity contribution >= 4 is 14.8 Å². The van der Waals surface area contributed by atoms with Crippen LogP contribution in [0.25, 0.3) is 0 Å². The molecule has 1 aliphatic heterocycles. The van der Waals surface area contributed by atoms with E-state index in [1.54, 1.807) is 0 Å². The summed E-state index contributed by atoms with van der Waals surface area (Å²) in [6.45, 7) is 0.498. The van der Waals surface area contributed by atoms with E-state index in [9.17, 15) is 4.79 Å². The highest BCUT2D eigenvalue weighted by molar-refractivity contribution is 7.35. The van der Waals surface area contributed by atoms with E-state index in [2.05, 4.69) is 10.2 Å². The van der Waals surface area contributed by atoms with Gasteiger partial charge in [-0.15, -0.1) is 0 Å². The van der Waals surface area contributed by atoms with E-state index in [4.69, 9.17) is 0 Å². The fourth-order valence-corrected chi connectivity index (χ4v) is 0.848. The van der Waals surface area contributed by atoms with Crippen molar-refractivity contribution in [3.63, 3.8) is 0 Å². The van der Waals surface area contributed by atoms with E-state index in [0.717, 1.165) is 0 Å². The van der Waals surface area contributed by atoms with Crippen molar-refractivity contribution in [3.05, 3.63) is 0 Å². The third kappa shape index (κ3) is 0.671. The Bertz CT molecular complexity index is 65.9. The average molecular weight is 104 g/mol. The van der Waals surface area contributed by atoms with Crippen LogP contribution >= 0.6 is 8.88 Å². The molecule has 0 aromatic carbocycles. The van der Waals surface area contributed by atoms with E-state index in [1.165, 1.54) is 0 Å². The van der Waals surface area contributed by atoms with Gasteiger partial charge in [0.05, 0.1) is 6.54 Å². The van der Waals surface area contributed by atoms with Gasteiger partial charge in [-0.1, -0.05) is 0 Å². The van der Waals surface area contributed by atoms with Gasteiger partial charge in [-0.3, -0.25) is 9.88 Å². The molecule has 0 aromatic rings. The lowest BCUT2D eigenvalue weighted by molar-refractivity contribution is -0.117. The van der Waals surface area contributed by atoms with E-state index in [1.807, 2.05) is 0 Å². The smallest absolute Gasteiger partial charge is 0.238 e. The highest BCUT2D eigenvalue weighted by Crippen LogP contribution is 1.98. The minimum absolute atomic E-state index is 0.105. The van der Waals surface area contributed by atoms with Crippen LogP contribution in [-0.4, -0.2) is 12.5 Å². The molecule has 1 atom stereocenters. The number of rotatable bonds is 0. The van der Waals surface area contributed by atoms with Crippen LogP contribution in [0.15, 0.2) is 0 Å². The van der Waals surface area contributed by atoms with Gasteiger partial charge in [-0.05, 0) is 0 Å². The zero-order valence-electron chi connectivity index (χ0n) is 3.12. The van der Waals surface area contributed by atoms with Crippen LogP contribution in [-0.2, 0) is 4.79 Å². The van der Waals surface area contributed by atoms with Crippen LogP contribution in [0.5, 0.6) is 0 Å². The number of nitrogens with one attached hydrogen (secondary N) is 2. The summed E-state index contributed by atoms with van der Waals surface area (Å²) in [5, 5.41) is 5.44. The first kappa shape index (κ1) is 4.03. The Balaban J connectivity index is 2.37. The molecule has 4 heteroatoms. The predicted molar refractivity (Wildman–Crippen MR) is 24.5 cm³/mol. The molecule has 1 aliphatic rings. The molecule has 0 aliphatic carbocycles. The van der Waals surface area contributed by atoms with Crippen molar-refractivity contribution in [1.82, 2.24) is 10.2 Å². The number of carbonyl (C=O) groups is 1.